The molecule has 2 aromatic rings. The van der Waals surface area contributed by atoms with E-state index in [-0.39, 0.29) is 11.5 Å². The van der Waals surface area contributed by atoms with Crippen molar-refractivity contribution in [2.45, 2.75) is 33.2 Å². The van der Waals surface area contributed by atoms with Crippen molar-refractivity contribution in [2.24, 2.45) is 0 Å². The highest BCUT2D eigenvalue weighted by molar-refractivity contribution is 6.15. The molecule has 0 aliphatic carbocycles. The number of Topliss-reactive ketones (excluding diaryl/α,β-unsaturated/α-hetero) is 1. The van der Waals surface area contributed by atoms with Crippen molar-refractivity contribution >= 4 is 11.9 Å². The number of benzene rings is 2. The number of phenols is 1. The van der Waals surface area contributed by atoms with Crippen LogP contribution in [0, 0.1) is 0 Å². The summed E-state index contributed by atoms with van der Waals surface area (Å²) in [4.78, 5) is 17.6. The Balaban J connectivity index is 1.56. The Kier molecular flexibility index (Phi) is 5.93. The van der Waals surface area contributed by atoms with Crippen molar-refractivity contribution < 1.29 is 14.6 Å². The molecule has 0 unspecified atom stereocenters. The van der Waals surface area contributed by atoms with Crippen LogP contribution >= 0.6 is 0 Å². The first-order chi connectivity index (χ1) is 14.5. The number of piperazine rings is 1. The lowest BCUT2D eigenvalue weighted by atomic mass is 10.0. The lowest BCUT2D eigenvalue weighted by Crippen LogP contribution is -2.45. The zero-order valence-electron chi connectivity index (χ0n) is 18.0. The Morgan fingerprint density at radius 1 is 1.03 bits per heavy atom. The summed E-state index contributed by atoms with van der Waals surface area (Å²) in [6.45, 7) is 12.0. The molecular formula is C25H30N2O3. The van der Waals surface area contributed by atoms with E-state index in [9.17, 15) is 9.90 Å². The molecule has 2 aliphatic heterocycles. The standard InChI is InChI=1S/C25H30N2O3/c1-4-26-11-13-27(14-12-26)16-21-22(28)10-9-20-24(29)23(30-25(20)21)15-18-5-7-19(8-6-18)17(2)3/h5-10,15,17,28H,4,11-14,16H2,1-3H3/b23-15-. The lowest BCUT2D eigenvalue weighted by molar-refractivity contribution is 0.101. The molecule has 1 N–H and O–H groups in total. The highest BCUT2D eigenvalue weighted by Gasteiger charge is 2.32. The normalized spacial score (nSPS) is 18.8. The maximum atomic E-state index is 12.9. The number of fused-ring (bicyclic) bond motifs is 1. The largest absolute Gasteiger partial charge is 0.507 e. The number of ketones is 1. The molecule has 0 bridgehead atoms. The number of carbonyl (C=O) groups excluding carboxylic acids is 1. The lowest BCUT2D eigenvalue weighted by Gasteiger charge is -2.34. The molecule has 2 aliphatic rings. The Morgan fingerprint density at radius 2 is 1.70 bits per heavy atom. The molecule has 5 heteroatoms. The number of phenolic OH excluding ortho intramolecular Hbond substituents is 1. The van der Waals surface area contributed by atoms with Crippen LogP contribution in [0.15, 0.2) is 42.2 Å². The smallest absolute Gasteiger partial charge is 0.231 e. The fourth-order valence-corrected chi connectivity index (χ4v) is 4.07. The van der Waals surface area contributed by atoms with Gasteiger partial charge in [-0.2, -0.15) is 0 Å². The maximum absolute atomic E-state index is 12.9. The van der Waals surface area contributed by atoms with Crippen molar-refractivity contribution in [2.75, 3.05) is 32.7 Å². The zero-order valence-corrected chi connectivity index (χ0v) is 18.0. The third-order valence-corrected chi connectivity index (χ3v) is 6.11. The van der Waals surface area contributed by atoms with E-state index in [2.05, 4.69) is 42.7 Å². The third-order valence-electron chi connectivity index (χ3n) is 6.11. The number of nitrogens with zero attached hydrogens (tertiary/aromatic N) is 2. The van der Waals surface area contributed by atoms with E-state index >= 15 is 0 Å². The van der Waals surface area contributed by atoms with E-state index in [1.54, 1.807) is 18.2 Å². The van der Waals surface area contributed by atoms with Crippen molar-refractivity contribution in [3.8, 4) is 11.5 Å². The summed E-state index contributed by atoms with van der Waals surface area (Å²) < 4.78 is 6.01. The van der Waals surface area contributed by atoms with Gasteiger partial charge in [-0.3, -0.25) is 9.69 Å². The van der Waals surface area contributed by atoms with Gasteiger partial charge in [-0.15, -0.1) is 0 Å². The van der Waals surface area contributed by atoms with Gasteiger partial charge in [0.25, 0.3) is 0 Å². The first-order valence-electron chi connectivity index (χ1n) is 10.8. The van der Waals surface area contributed by atoms with Gasteiger partial charge in [0.1, 0.15) is 11.5 Å². The van der Waals surface area contributed by atoms with Crippen LogP contribution in [0.25, 0.3) is 6.08 Å². The molecule has 0 saturated carbocycles. The van der Waals surface area contributed by atoms with Crippen molar-refractivity contribution in [3.05, 3.63) is 64.4 Å². The number of likely N-dealkylation sites (N-methyl/N-ethyl adjacent to an activating group) is 1. The summed E-state index contributed by atoms with van der Waals surface area (Å²) in [6, 6.07) is 11.4. The zero-order chi connectivity index (χ0) is 21.3. The minimum Gasteiger partial charge on any atom is -0.507 e. The fraction of sp³-hybridized carbons (Fsp3) is 0.400. The predicted molar refractivity (Wildman–Crippen MR) is 119 cm³/mol. The van der Waals surface area contributed by atoms with Crippen LogP contribution in [-0.2, 0) is 6.54 Å². The van der Waals surface area contributed by atoms with Gasteiger partial charge in [-0.25, -0.2) is 0 Å². The Bertz CT molecular complexity index is 955. The molecular weight excluding hydrogens is 376 g/mol. The number of carbonyl (C=O) groups is 1. The van der Waals surface area contributed by atoms with Crippen LogP contribution in [0.5, 0.6) is 11.5 Å². The molecule has 1 fully saturated rings. The fourth-order valence-electron chi connectivity index (χ4n) is 4.07. The number of allylic oxidation sites excluding steroid dienone is 1. The highest BCUT2D eigenvalue weighted by Crippen LogP contribution is 2.40. The molecule has 158 valence electrons. The SMILES string of the molecule is CCN1CCN(Cc2c(O)ccc3c2O/C(=C\c2ccc(C(C)C)cc2)C3=O)CC1. The van der Waals surface area contributed by atoms with Crippen LogP contribution in [-0.4, -0.2) is 53.4 Å². The second-order valence-corrected chi connectivity index (χ2v) is 8.41. The van der Waals surface area contributed by atoms with E-state index in [0.29, 0.717) is 35.1 Å². The monoisotopic (exact) mass is 406 g/mol. The molecule has 2 aromatic carbocycles. The van der Waals surface area contributed by atoms with Gasteiger partial charge >= 0.3 is 0 Å². The molecule has 1 saturated heterocycles. The van der Waals surface area contributed by atoms with Gasteiger partial charge < -0.3 is 14.7 Å². The average molecular weight is 407 g/mol. The van der Waals surface area contributed by atoms with Gasteiger partial charge in [0.2, 0.25) is 5.78 Å². The quantitative estimate of drug-likeness (QED) is 0.752. The number of hydrogen-bond donors (Lipinski definition) is 1. The average Bonchev–Trinajstić information content (AvgIpc) is 3.06. The Morgan fingerprint density at radius 3 is 2.33 bits per heavy atom. The Hall–Kier alpha value is -2.63. The molecule has 5 nitrogen and oxygen atoms in total. The summed E-state index contributed by atoms with van der Waals surface area (Å²) in [5.74, 6) is 1.33. The minimum absolute atomic E-state index is 0.130. The minimum atomic E-state index is -0.130. The van der Waals surface area contributed by atoms with Gasteiger partial charge in [0.15, 0.2) is 5.76 Å². The number of ether oxygens (including phenoxy) is 1. The van der Waals surface area contributed by atoms with Gasteiger partial charge in [-0.05, 0) is 41.8 Å². The Labute approximate surface area is 178 Å². The van der Waals surface area contributed by atoms with Crippen molar-refractivity contribution in [1.29, 1.82) is 0 Å². The van der Waals surface area contributed by atoms with E-state index < -0.39 is 0 Å². The predicted octanol–water partition coefficient (Wildman–Crippen LogP) is 4.27. The van der Waals surface area contributed by atoms with Crippen LogP contribution in [0.3, 0.4) is 0 Å². The molecule has 0 aromatic heterocycles. The second kappa shape index (κ2) is 8.62. The van der Waals surface area contributed by atoms with E-state index in [0.717, 1.165) is 38.3 Å². The van der Waals surface area contributed by atoms with Crippen LogP contribution in [0.4, 0.5) is 0 Å². The first kappa shape index (κ1) is 20.6. The topological polar surface area (TPSA) is 53.0 Å². The molecule has 2 heterocycles. The summed E-state index contributed by atoms with van der Waals surface area (Å²) in [5.41, 5.74) is 3.41. The third kappa shape index (κ3) is 4.13. The number of rotatable bonds is 5. The van der Waals surface area contributed by atoms with Crippen LogP contribution < -0.4 is 4.74 Å². The van der Waals surface area contributed by atoms with Gasteiger partial charge in [0, 0.05) is 32.7 Å². The molecule has 0 spiro atoms. The molecule has 4 rings (SSSR count). The molecule has 0 radical (unpaired) electrons. The van der Waals surface area contributed by atoms with Crippen molar-refractivity contribution in [3.63, 3.8) is 0 Å². The summed E-state index contributed by atoms with van der Waals surface area (Å²) >= 11 is 0. The highest BCUT2D eigenvalue weighted by atomic mass is 16.5. The van der Waals surface area contributed by atoms with Crippen molar-refractivity contribution in [1.82, 2.24) is 9.80 Å². The summed E-state index contributed by atoms with van der Waals surface area (Å²) in [6.07, 6.45) is 1.79. The number of hydrogen-bond acceptors (Lipinski definition) is 5. The van der Waals surface area contributed by atoms with Gasteiger partial charge in [-0.1, -0.05) is 45.0 Å². The summed E-state index contributed by atoms with van der Waals surface area (Å²) in [5, 5.41) is 10.5. The molecule has 30 heavy (non-hydrogen) atoms. The summed E-state index contributed by atoms with van der Waals surface area (Å²) in [7, 11) is 0. The van der Waals surface area contributed by atoms with Crippen LogP contribution in [0.1, 0.15) is 53.7 Å². The van der Waals surface area contributed by atoms with E-state index in [1.807, 2.05) is 12.1 Å². The number of aromatic hydroxyl groups is 1. The van der Waals surface area contributed by atoms with Gasteiger partial charge in [0.05, 0.1) is 11.1 Å². The second-order valence-electron chi connectivity index (χ2n) is 8.41. The van der Waals surface area contributed by atoms with E-state index in [4.69, 9.17) is 4.74 Å². The maximum Gasteiger partial charge on any atom is 0.231 e. The van der Waals surface area contributed by atoms with E-state index in [1.165, 1.54) is 5.56 Å². The van der Waals surface area contributed by atoms with Crippen LogP contribution in [0.2, 0.25) is 0 Å². The molecule has 0 amide bonds. The molecule has 0 atom stereocenters. The first-order valence-corrected chi connectivity index (χ1v) is 10.8.